The number of aromatic nitrogens is 2. The van der Waals surface area contributed by atoms with Gasteiger partial charge in [-0.2, -0.15) is 13.2 Å². The molecule has 0 radical (unpaired) electrons. The average Bonchev–Trinajstić information content (AvgIpc) is 3.94. The van der Waals surface area contributed by atoms with Crippen molar-refractivity contribution in [2.24, 2.45) is 11.3 Å². The summed E-state index contributed by atoms with van der Waals surface area (Å²) in [4.78, 5) is 51.6. The van der Waals surface area contributed by atoms with Crippen molar-refractivity contribution >= 4 is 55.0 Å². The predicted octanol–water partition coefficient (Wildman–Crippen LogP) is 4.48. The minimum Gasteiger partial charge on any atom is -0.465 e. The first-order chi connectivity index (χ1) is 23.4. The van der Waals surface area contributed by atoms with Crippen molar-refractivity contribution in [2.75, 3.05) is 11.9 Å². The number of thiazole rings is 1. The number of amides is 3. The molecule has 1 aromatic carbocycles. The van der Waals surface area contributed by atoms with E-state index >= 15 is 0 Å². The molecule has 3 amide bonds. The van der Waals surface area contributed by atoms with E-state index in [4.69, 9.17) is 4.74 Å². The van der Waals surface area contributed by atoms with Crippen LogP contribution in [0.5, 0.6) is 5.19 Å². The number of halogens is 3. The summed E-state index contributed by atoms with van der Waals surface area (Å²) in [6, 6.07) is 6.01. The van der Waals surface area contributed by atoms with Crippen molar-refractivity contribution in [3.63, 3.8) is 0 Å². The molecule has 1 saturated heterocycles. The van der Waals surface area contributed by atoms with Crippen LogP contribution in [0.25, 0.3) is 10.2 Å². The molecule has 270 valence electrons. The summed E-state index contributed by atoms with van der Waals surface area (Å²) in [5, 5.41) is 5.41. The molecular formula is C33H39F3N6O6S2. The molecule has 3 aromatic rings. The molecule has 3 N–H and O–H groups in total. The highest BCUT2D eigenvalue weighted by molar-refractivity contribution is 7.91. The molecule has 2 aromatic heterocycles. The Morgan fingerprint density at radius 3 is 2.48 bits per heavy atom. The normalized spacial score (nSPS) is 24.5. The van der Waals surface area contributed by atoms with Crippen LogP contribution in [0.3, 0.4) is 0 Å². The SMILES string of the molecule is CC[C@@H]1C[C@]1(NC(=O)[C@@H]1C[C@@H](Oc2nc3ccccc3s2)CN1C(=O)[C@@H](Nc1cncc(C(F)(F)F)c1)C(C)(C)C)C(=O)NS(=O)(=O)C1CC1. The molecule has 12 nitrogen and oxygen atoms in total. The Morgan fingerprint density at radius 1 is 1.14 bits per heavy atom. The van der Waals surface area contributed by atoms with Crippen LogP contribution in [-0.4, -0.2) is 76.5 Å². The molecule has 3 fully saturated rings. The highest BCUT2D eigenvalue weighted by Gasteiger charge is 2.62. The summed E-state index contributed by atoms with van der Waals surface area (Å²) in [7, 11) is -3.89. The Morgan fingerprint density at radius 2 is 1.86 bits per heavy atom. The van der Waals surface area contributed by atoms with Gasteiger partial charge in [0.05, 0.1) is 33.3 Å². The number of hydrogen-bond donors (Lipinski definition) is 3. The first kappa shape index (κ1) is 35.8. The zero-order valence-corrected chi connectivity index (χ0v) is 29.5. The van der Waals surface area contributed by atoms with Gasteiger partial charge in [-0.1, -0.05) is 57.6 Å². The van der Waals surface area contributed by atoms with Gasteiger partial charge in [0.2, 0.25) is 21.8 Å². The molecule has 17 heteroatoms. The van der Waals surface area contributed by atoms with Gasteiger partial charge in [-0.3, -0.25) is 24.1 Å². The average molecular weight is 737 g/mol. The van der Waals surface area contributed by atoms with E-state index in [2.05, 4.69) is 25.3 Å². The van der Waals surface area contributed by atoms with Crippen LogP contribution in [0.15, 0.2) is 42.7 Å². The number of likely N-dealkylation sites (tertiary alicyclic amines) is 1. The number of benzene rings is 1. The van der Waals surface area contributed by atoms with E-state index in [-0.39, 0.29) is 31.0 Å². The second-order valence-corrected chi connectivity index (χ2v) is 17.2. The molecule has 5 atom stereocenters. The van der Waals surface area contributed by atoms with Gasteiger partial charge >= 0.3 is 6.18 Å². The fourth-order valence-corrected chi connectivity index (χ4v) is 8.61. The van der Waals surface area contributed by atoms with Crippen molar-refractivity contribution in [3.05, 3.63) is 48.3 Å². The number of sulfonamides is 1. The third kappa shape index (κ3) is 7.38. The Hall–Kier alpha value is -3.99. The van der Waals surface area contributed by atoms with Gasteiger partial charge in [-0.25, -0.2) is 13.4 Å². The molecule has 0 unspecified atom stereocenters. The van der Waals surface area contributed by atoms with Crippen LogP contribution in [0, 0.1) is 11.3 Å². The van der Waals surface area contributed by atoms with Gasteiger partial charge in [-0.05, 0) is 48.8 Å². The minimum atomic E-state index is -4.66. The lowest BCUT2D eigenvalue weighted by Gasteiger charge is -2.36. The molecule has 0 spiro atoms. The van der Waals surface area contributed by atoms with E-state index in [0.29, 0.717) is 36.2 Å². The second kappa shape index (κ2) is 13.0. The Bertz CT molecular complexity index is 1880. The fourth-order valence-electron chi connectivity index (χ4n) is 6.37. The Kier molecular flexibility index (Phi) is 9.29. The van der Waals surface area contributed by atoms with Crippen LogP contribution in [0.2, 0.25) is 0 Å². The summed E-state index contributed by atoms with van der Waals surface area (Å²) >= 11 is 1.30. The smallest absolute Gasteiger partial charge is 0.417 e. The van der Waals surface area contributed by atoms with Gasteiger partial charge in [-0.15, -0.1) is 0 Å². The summed E-state index contributed by atoms with van der Waals surface area (Å²) in [5.74, 6) is -2.38. The maximum atomic E-state index is 14.5. The zero-order valence-electron chi connectivity index (χ0n) is 27.9. The number of rotatable bonds is 11. The van der Waals surface area contributed by atoms with E-state index < -0.39 is 73.9 Å². The standard InChI is InChI=1S/C33H39F3N6O6S2/c1-5-18-14-32(18,29(45)41-50(46,47)22-10-11-22)40-27(43)24-13-21(48-30-39-23-8-6-7-9-25(23)49-30)17-42(24)28(44)26(31(2,3)4)38-20-12-19(15-37-16-20)33(34,35)36/h6-9,12,15-16,18,21-22,24,26,38H,5,10-11,13-14,17H2,1-4H3,(H,40,43)(H,41,45)/t18-,21-,24+,26-,32-/m1/s1. The van der Waals surface area contributed by atoms with Crippen LogP contribution < -0.4 is 20.1 Å². The van der Waals surface area contributed by atoms with Crippen molar-refractivity contribution < 1.29 is 40.7 Å². The lowest BCUT2D eigenvalue weighted by Crippen LogP contribution is -2.58. The third-order valence-corrected chi connectivity index (χ3v) is 12.2. The number of fused-ring (bicyclic) bond motifs is 1. The van der Waals surface area contributed by atoms with Crippen LogP contribution >= 0.6 is 11.3 Å². The number of carbonyl (C=O) groups excluding carboxylic acids is 3. The number of hydrogen-bond acceptors (Lipinski definition) is 10. The van der Waals surface area contributed by atoms with Gasteiger partial charge in [0.1, 0.15) is 23.7 Å². The van der Waals surface area contributed by atoms with E-state index in [1.807, 2.05) is 31.2 Å². The fraction of sp³-hybridized carbons (Fsp3) is 0.545. The molecule has 2 aliphatic carbocycles. The predicted molar refractivity (Wildman–Crippen MR) is 180 cm³/mol. The topological polar surface area (TPSA) is 160 Å². The van der Waals surface area contributed by atoms with E-state index in [9.17, 15) is 36.0 Å². The lowest BCUT2D eigenvalue weighted by molar-refractivity contribution is -0.141. The van der Waals surface area contributed by atoms with Crippen LogP contribution in [-0.2, 0) is 30.6 Å². The van der Waals surface area contributed by atoms with Crippen molar-refractivity contribution in [1.29, 1.82) is 0 Å². The molecule has 6 rings (SSSR count). The van der Waals surface area contributed by atoms with Crippen molar-refractivity contribution in [1.82, 2.24) is 24.9 Å². The molecule has 0 bridgehead atoms. The highest BCUT2D eigenvalue weighted by atomic mass is 32.2. The first-order valence-electron chi connectivity index (χ1n) is 16.4. The molecular weight excluding hydrogens is 698 g/mol. The number of anilines is 1. The molecule has 3 heterocycles. The number of ether oxygens (including phenoxy) is 1. The molecule has 2 saturated carbocycles. The van der Waals surface area contributed by atoms with Crippen LogP contribution in [0.1, 0.15) is 65.4 Å². The summed E-state index contributed by atoms with van der Waals surface area (Å²) in [6.45, 7) is 6.98. The van der Waals surface area contributed by atoms with Crippen LogP contribution in [0.4, 0.5) is 18.9 Å². The highest BCUT2D eigenvalue weighted by Crippen LogP contribution is 2.47. The quantitative estimate of drug-likeness (QED) is 0.258. The first-order valence-corrected chi connectivity index (χ1v) is 18.8. The summed E-state index contributed by atoms with van der Waals surface area (Å²) in [5.41, 5.74) is -2.65. The number of nitrogens with zero attached hydrogens (tertiary/aromatic N) is 3. The third-order valence-electron chi connectivity index (χ3n) is 9.43. The van der Waals surface area contributed by atoms with Gasteiger partial charge < -0.3 is 20.3 Å². The van der Waals surface area contributed by atoms with Gasteiger partial charge in [0.25, 0.3) is 11.1 Å². The van der Waals surface area contributed by atoms with Crippen molar-refractivity contribution in [2.45, 2.75) is 95.0 Å². The number of nitrogens with one attached hydrogen (secondary N) is 3. The molecule has 3 aliphatic rings. The van der Waals surface area contributed by atoms with Gasteiger partial charge in [0.15, 0.2) is 0 Å². The Balaban J connectivity index is 1.28. The second-order valence-electron chi connectivity index (χ2n) is 14.3. The molecule has 1 aliphatic heterocycles. The largest absolute Gasteiger partial charge is 0.465 e. The maximum absolute atomic E-state index is 14.5. The maximum Gasteiger partial charge on any atom is 0.417 e. The summed E-state index contributed by atoms with van der Waals surface area (Å²) < 4.78 is 75.0. The van der Waals surface area contributed by atoms with E-state index in [1.54, 1.807) is 20.8 Å². The Labute approximate surface area is 291 Å². The van der Waals surface area contributed by atoms with Gasteiger partial charge in [0, 0.05) is 18.8 Å². The van der Waals surface area contributed by atoms with Crippen molar-refractivity contribution in [3.8, 4) is 5.19 Å². The minimum absolute atomic E-state index is 0.0182. The monoisotopic (exact) mass is 736 g/mol. The van der Waals surface area contributed by atoms with E-state index in [1.165, 1.54) is 22.4 Å². The summed E-state index contributed by atoms with van der Waals surface area (Å²) in [6.07, 6.45) is -1.84. The zero-order chi connectivity index (χ0) is 36.2. The number of carbonyl (C=O) groups is 3. The van der Waals surface area contributed by atoms with E-state index in [0.717, 1.165) is 10.8 Å². The molecule has 50 heavy (non-hydrogen) atoms. The number of pyridine rings is 1. The lowest BCUT2D eigenvalue weighted by atomic mass is 9.85. The number of alkyl halides is 3. The number of para-hydroxylation sites is 1.